The van der Waals surface area contributed by atoms with Gasteiger partial charge in [-0.1, -0.05) is 0 Å². The molecule has 1 fully saturated rings. The number of carbonyl (C=O) groups excluding carboxylic acids is 1. The number of imidazole rings is 1. The van der Waals surface area contributed by atoms with Gasteiger partial charge in [0.05, 0.1) is 25.4 Å². The lowest BCUT2D eigenvalue weighted by Crippen LogP contribution is -2.51. The van der Waals surface area contributed by atoms with E-state index < -0.39 is 0 Å². The van der Waals surface area contributed by atoms with E-state index in [1.807, 2.05) is 24.6 Å². The summed E-state index contributed by atoms with van der Waals surface area (Å²) in [7, 11) is 0. The molecular weight excluding hydrogens is 258 g/mol. The second kappa shape index (κ2) is 6.67. The minimum atomic E-state index is -0.291. The molecule has 0 aliphatic carbocycles. The highest BCUT2D eigenvalue weighted by Crippen LogP contribution is 2.12. The van der Waals surface area contributed by atoms with Crippen molar-refractivity contribution in [3.8, 4) is 0 Å². The van der Waals surface area contributed by atoms with Crippen molar-refractivity contribution in [2.45, 2.75) is 32.5 Å². The molecule has 0 radical (unpaired) electrons. The third-order valence-electron chi connectivity index (χ3n) is 3.46. The number of hydrogen-bond acceptors (Lipinski definition) is 4. The zero-order valence-electron chi connectivity index (χ0n) is 11.9. The number of ether oxygens (including phenoxy) is 1. The Kier molecular flexibility index (Phi) is 4.92. The molecule has 20 heavy (non-hydrogen) atoms. The monoisotopic (exact) mass is 279 g/mol. The number of carbonyl (C=O) groups is 1. The first-order valence-corrected chi connectivity index (χ1v) is 6.88. The maximum absolute atomic E-state index is 12.2. The maximum atomic E-state index is 12.2. The molecule has 2 atom stereocenters. The Morgan fingerprint density at radius 2 is 2.45 bits per heavy atom. The molecular formula is C14H21N3O3. The number of nitrogens with zero attached hydrogens (tertiary/aromatic N) is 3. The van der Waals surface area contributed by atoms with Crippen LogP contribution in [0.15, 0.2) is 18.5 Å². The van der Waals surface area contributed by atoms with Crippen LogP contribution < -0.4 is 0 Å². The van der Waals surface area contributed by atoms with Crippen molar-refractivity contribution in [2.75, 3.05) is 19.8 Å². The molecule has 0 saturated carbocycles. The minimum Gasteiger partial charge on any atom is -0.394 e. The number of aliphatic hydroxyl groups is 1. The zero-order valence-corrected chi connectivity index (χ0v) is 11.9. The second-order valence-electron chi connectivity index (χ2n) is 4.88. The number of aromatic nitrogens is 2. The van der Waals surface area contributed by atoms with Crippen molar-refractivity contribution in [1.29, 1.82) is 0 Å². The predicted octanol–water partition coefficient (Wildman–Crippen LogP) is 0.524. The van der Waals surface area contributed by atoms with Crippen LogP contribution in [0.1, 0.15) is 19.7 Å². The van der Waals surface area contributed by atoms with E-state index in [1.165, 1.54) is 6.08 Å². The van der Waals surface area contributed by atoms with Gasteiger partial charge in [-0.3, -0.25) is 4.79 Å². The largest absolute Gasteiger partial charge is 0.394 e. The van der Waals surface area contributed by atoms with Crippen molar-refractivity contribution in [2.24, 2.45) is 0 Å². The summed E-state index contributed by atoms with van der Waals surface area (Å²) < 4.78 is 7.38. The molecule has 110 valence electrons. The first kappa shape index (κ1) is 14.7. The van der Waals surface area contributed by atoms with Crippen LogP contribution in [0.2, 0.25) is 0 Å². The molecule has 1 aromatic rings. The van der Waals surface area contributed by atoms with E-state index in [1.54, 1.807) is 17.2 Å². The molecule has 2 rings (SSSR count). The van der Waals surface area contributed by atoms with Crippen molar-refractivity contribution >= 4 is 12.0 Å². The lowest BCUT2D eigenvalue weighted by atomic mass is 10.2. The molecule has 6 nitrogen and oxygen atoms in total. The molecule has 0 bridgehead atoms. The van der Waals surface area contributed by atoms with Crippen LogP contribution >= 0.6 is 0 Å². The highest BCUT2D eigenvalue weighted by molar-refractivity contribution is 5.91. The van der Waals surface area contributed by atoms with Gasteiger partial charge in [-0.15, -0.1) is 0 Å². The Bertz CT molecular complexity index is 484. The number of aliphatic hydroxyl groups excluding tert-OH is 1. The fourth-order valence-electron chi connectivity index (χ4n) is 2.22. The summed E-state index contributed by atoms with van der Waals surface area (Å²) in [5.74, 6) is 0.686. The van der Waals surface area contributed by atoms with Crippen molar-refractivity contribution in [1.82, 2.24) is 14.5 Å². The van der Waals surface area contributed by atoms with E-state index in [2.05, 4.69) is 4.98 Å². The van der Waals surface area contributed by atoms with Gasteiger partial charge in [0.25, 0.3) is 0 Å². The summed E-state index contributed by atoms with van der Waals surface area (Å²) in [6.07, 6.45) is 6.56. The third-order valence-corrected chi connectivity index (χ3v) is 3.46. The van der Waals surface area contributed by atoms with Crippen LogP contribution in [0.4, 0.5) is 0 Å². The smallest absolute Gasteiger partial charge is 0.247 e. The van der Waals surface area contributed by atoms with Crippen LogP contribution in [0, 0.1) is 0 Å². The first-order valence-electron chi connectivity index (χ1n) is 6.88. The maximum Gasteiger partial charge on any atom is 0.247 e. The van der Waals surface area contributed by atoms with Gasteiger partial charge in [-0.2, -0.15) is 0 Å². The number of rotatable bonds is 4. The first-order chi connectivity index (χ1) is 9.65. The van der Waals surface area contributed by atoms with Crippen LogP contribution in [0.5, 0.6) is 0 Å². The lowest BCUT2D eigenvalue weighted by Gasteiger charge is -2.36. The minimum absolute atomic E-state index is 0.0147. The Morgan fingerprint density at radius 3 is 3.15 bits per heavy atom. The highest BCUT2D eigenvalue weighted by Gasteiger charge is 2.28. The molecule has 1 amide bonds. The zero-order chi connectivity index (χ0) is 14.5. The molecule has 2 heterocycles. The van der Waals surface area contributed by atoms with E-state index in [4.69, 9.17) is 9.84 Å². The summed E-state index contributed by atoms with van der Waals surface area (Å²) in [5.41, 5.74) is 0. The van der Waals surface area contributed by atoms with Crippen LogP contribution in [-0.2, 0) is 16.1 Å². The second-order valence-corrected chi connectivity index (χ2v) is 4.88. The van der Waals surface area contributed by atoms with Gasteiger partial charge in [0.15, 0.2) is 0 Å². The highest BCUT2D eigenvalue weighted by atomic mass is 16.5. The van der Waals surface area contributed by atoms with E-state index in [-0.39, 0.29) is 24.7 Å². The molecule has 1 aliphatic rings. The lowest BCUT2D eigenvalue weighted by molar-refractivity contribution is -0.140. The molecule has 1 aliphatic heterocycles. The van der Waals surface area contributed by atoms with Gasteiger partial charge in [0.2, 0.25) is 5.91 Å². The molecule has 0 spiro atoms. The predicted molar refractivity (Wildman–Crippen MR) is 74.9 cm³/mol. The average Bonchev–Trinajstić information content (AvgIpc) is 2.92. The standard InChI is InChI=1S/C14H21N3O3/c1-3-16-7-6-15-13(16)4-5-14(19)17-8-12(9-18)20-10-11(17)2/h4-7,11-12,18H,3,8-10H2,1-2H3/b5-4+. The quantitative estimate of drug-likeness (QED) is 0.816. The van der Waals surface area contributed by atoms with E-state index in [0.29, 0.717) is 13.2 Å². The summed E-state index contributed by atoms with van der Waals surface area (Å²) in [6, 6.07) is 0.0147. The Hall–Kier alpha value is -1.66. The molecule has 1 aromatic heterocycles. The fraction of sp³-hybridized carbons (Fsp3) is 0.571. The summed E-state index contributed by atoms with van der Waals surface area (Å²) >= 11 is 0. The number of morpholine rings is 1. The molecule has 2 unspecified atom stereocenters. The molecule has 0 aromatic carbocycles. The number of hydrogen-bond donors (Lipinski definition) is 1. The van der Waals surface area contributed by atoms with Gasteiger partial charge in [0, 0.05) is 31.6 Å². The molecule has 1 N–H and O–H groups in total. The van der Waals surface area contributed by atoms with Crippen molar-refractivity contribution in [3.63, 3.8) is 0 Å². The van der Waals surface area contributed by atoms with Crippen LogP contribution in [-0.4, -0.2) is 57.4 Å². The normalized spacial score (nSPS) is 23.4. The van der Waals surface area contributed by atoms with Crippen LogP contribution in [0.3, 0.4) is 0 Å². The Balaban J connectivity index is 2.03. The Morgan fingerprint density at radius 1 is 1.65 bits per heavy atom. The molecule has 1 saturated heterocycles. The summed E-state index contributed by atoms with van der Waals surface area (Å²) in [6.45, 7) is 5.58. The van der Waals surface area contributed by atoms with Crippen molar-refractivity contribution in [3.05, 3.63) is 24.3 Å². The van der Waals surface area contributed by atoms with Crippen LogP contribution in [0.25, 0.3) is 6.08 Å². The van der Waals surface area contributed by atoms with E-state index in [0.717, 1.165) is 12.4 Å². The van der Waals surface area contributed by atoms with Gasteiger partial charge in [-0.05, 0) is 19.9 Å². The fourth-order valence-corrected chi connectivity index (χ4v) is 2.22. The van der Waals surface area contributed by atoms with Crippen molar-refractivity contribution < 1.29 is 14.6 Å². The number of amides is 1. The van der Waals surface area contributed by atoms with E-state index in [9.17, 15) is 4.79 Å². The topological polar surface area (TPSA) is 67.6 Å². The van der Waals surface area contributed by atoms with Gasteiger partial charge in [-0.25, -0.2) is 4.98 Å². The number of aryl methyl sites for hydroxylation is 1. The third kappa shape index (κ3) is 3.26. The van der Waals surface area contributed by atoms with Gasteiger partial charge >= 0.3 is 0 Å². The van der Waals surface area contributed by atoms with E-state index >= 15 is 0 Å². The SMILES string of the molecule is CCn1ccnc1/C=C/C(=O)N1CC(CO)OCC1C. The average molecular weight is 279 g/mol. The van der Waals surface area contributed by atoms with Gasteiger partial charge < -0.3 is 19.3 Å². The van der Waals surface area contributed by atoms with Gasteiger partial charge in [0.1, 0.15) is 5.82 Å². The Labute approximate surface area is 118 Å². The molecule has 6 heteroatoms. The summed E-state index contributed by atoms with van der Waals surface area (Å²) in [4.78, 5) is 18.1. The summed E-state index contributed by atoms with van der Waals surface area (Å²) in [5, 5.41) is 9.13.